The summed E-state index contributed by atoms with van der Waals surface area (Å²) in [6, 6.07) is 6.97. The number of halogens is 1. The van der Waals surface area contributed by atoms with Crippen molar-refractivity contribution in [2.24, 2.45) is 11.8 Å². The van der Waals surface area contributed by atoms with Crippen molar-refractivity contribution >= 4 is 34.4 Å². The first kappa shape index (κ1) is 28.9. The number of rotatable bonds is 12. The first-order valence-electron chi connectivity index (χ1n) is 13.3. The number of hydrogen-bond acceptors (Lipinski definition) is 5. The molecule has 3 rings (SSSR count). The molecule has 8 heteroatoms. The zero-order chi connectivity index (χ0) is 26.1. The predicted molar refractivity (Wildman–Crippen MR) is 149 cm³/mol. The van der Waals surface area contributed by atoms with Gasteiger partial charge in [-0.25, -0.2) is 0 Å². The molecule has 3 N–H and O–H groups in total. The predicted octanol–water partition coefficient (Wildman–Crippen LogP) is 4.05. The van der Waals surface area contributed by atoms with E-state index in [4.69, 9.17) is 9.84 Å². The number of para-hydroxylation sites is 1. The minimum absolute atomic E-state index is 0.0386. The average Bonchev–Trinajstić information content (AvgIpc) is 3.38. The van der Waals surface area contributed by atoms with E-state index in [2.05, 4.69) is 41.8 Å². The molecule has 0 aliphatic heterocycles. The number of hydrogen-bond donors (Lipinski definition) is 3. The van der Waals surface area contributed by atoms with Gasteiger partial charge in [0.2, 0.25) is 11.8 Å². The zero-order valence-electron chi connectivity index (χ0n) is 21.5. The highest BCUT2D eigenvalue weighted by Gasteiger charge is 2.40. The summed E-state index contributed by atoms with van der Waals surface area (Å²) in [4.78, 5) is 28.2. The summed E-state index contributed by atoms with van der Waals surface area (Å²) in [6.07, 6.45) is 7.18. The van der Waals surface area contributed by atoms with Gasteiger partial charge in [0.1, 0.15) is 18.0 Å². The first-order valence-corrected chi connectivity index (χ1v) is 14.4. The lowest BCUT2D eigenvalue weighted by Crippen LogP contribution is -2.55. The Morgan fingerprint density at radius 2 is 1.94 bits per heavy atom. The van der Waals surface area contributed by atoms with Crippen molar-refractivity contribution in [1.29, 1.82) is 0 Å². The second-order valence-corrected chi connectivity index (χ2v) is 11.6. The van der Waals surface area contributed by atoms with E-state index in [1.54, 1.807) is 11.0 Å². The monoisotopic (exact) mass is 612 g/mol. The number of nitrogens with one attached hydrogen (secondary N) is 1. The third kappa shape index (κ3) is 8.18. The van der Waals surface area contributed by atoms with E-state index in [0.29, 0.717) is 36.1 Å². The number of nitrogens with zero attached hydrogens (tertiary/aromatic N) is 1. The van der Waals surface area contributed by atoms with Gasteiger partial charge in [0.05, 0.1) is 16.2 Å². The van der Waals surface area contributed by atoms with Gasteiger partial charge >= 0.3 is 0 Å². The van der Waals surface area contributed by atoms with Crippen LogP contribution in [0.3, 0.4) is 0 Å². The number of amides is 2. The van der Waals surface area contributed by atoms with Crippen LogP contribution in [0.4, 0.5) is 0 Å². The van der Waals surface area contributed by atoms with Crippen LogP contribution in [0.1, 0.15) is 65.2 Å². The minimum atomic E-state index is -0.974. The van der Waals surface area contributed by atoms with Crippen molar-refractivity contribution in [1.82, 2.24) is 10.2 Å². The van der Waals surface area contributed by atoms with Crippen LogP contribution >= 0.6 is 22.6 Å². The van der Waals surface area contributed by atoms with E-state index in [-0.39, 0.29) is 31.4 Å². The summed E-state index contributed by atoms with van der Waals surface area (Å²) in [6.45, 7) is 4.76. The lowest BCUT2D eigenvalue weighted by atomic mass is 9.87. The molecule has 0 saturated heterocycles. The lowest BCUT2D eigenvalue weighted by molar-refractivity contribution is -0.139. The molecule has 1 aromatic rings. The van der Waals surface area contributed by atoms with Gasteiger partial charge < -0.3 is 25.2 Å². The molecule has 2 amide bonds. The fourth-order valence-electron chi connectivity index (χ4n) is 5.11. The van der Waals surface area contributed by atoms with Gasteiger partial charge in [0.25, 0.3) is 0 Å². The van der Waals surface area contributed by atoms with Crippen molar-refractivity contribution in [2.45, 2.75) is 83.5 Å². The Morgan fingerprint density at radius 3 is 2.61 bits per heavy atom. The van der Waals surface area contributed by atoms with Gasteiger partial charge in [-0.1, -0.05) is 51.7 Å². The molecule has 1 aromatic carbocycles. The Kier molecular flexibility index (Phi) is 11.5. The molecule has 1 fully saturated rings. The van der Waals surface area contributed by atoms with E-state index >= 15 is 0 Å². The Hall–Kier alpha value is -1.65. The maximum Gasteiger partial charge on any atom is 0.247 e. The highest BCUT2D eigenvalue weighted by Crippen LogP contribution is 2.32. The minimum Gasteiger partial charge on any atom is -0.482 e. The molecule has 0 radical (unpaired) electrons. The van der Waals surface area contributed by atoms with Crippen LogP contribution in [0.15, 0.2) is 35.9 Å². The average molecular weight is 613 g/mol. The number of carbonyl (C=O) groups excluding carboxylic acids is 2. The fourth-order valence-corrected chi connectivity index (χ4v) is 5.62. The molecular weight excluding hydrogens is 571 g/mol. The Bertz CT molecular complexity index is 900. The summed E-state index contributed by atoms with van der Waals surface area (Å²) in [5.74, 6) is 1.36. The molecule has 2 aliphatic carbocycles. The molecule has 0 spiro atoms. The van der Waals surface area contributed by atoms with Crippen LogP contribution < -0.4 is 10.1 Å². The third-order valence-electron chi connectivity index (χ3n) is 7.22. The summed E-state index contributed by atoms with van der Waals surface area (Å²) in [5.41, 5.74) is 0.466. The van der Waals surface area contributed by atoms with E-state index in [0.717, 1.165) is 16.4 Å². The van der Waals surface area contributed by atoms with Gasteiger partial charge in [0, 0.05) is 31.5 Å². The largest absolute Gasteiger partial charge is 0.482 e. The van der Waals surface area contributed by atoms with Crippen molar-refractivity contribution in [3.8, 4) is 5.75 Å². The van der Waals surface area contributed by atoms with Gasteiger partial charge in [0.15, 0.2) is 0 Å². The Labute approximate surface area is 228 Å². The highest BCUT2D eigenvalue weighted by molar-refractivity contribution is 14.1. The molecule has 7 nitrogen and oxygen atoms in total. The van der Waals surface area contributed by atoms with E-state index in [1.165, 1.54) is 25.7 Å². The number of benzene rings is 1. The van der Waals surface area contributed by atoms with Crippen LogP contribution in [0.2, 0.25) is 0 Å². The van der Waals surface area contributed by atoms with Crippen LogP contribution in [0.25, 0.3) is 0 Å². The number of carbonyl (C=O) groups is 2. The quantitative estimate of drug-likeness (QED) is 0.310. The molecular formula is C28H41IN2O5. The van der Waals surface area contributed by atoms with Crippen molar-refractivity contribution in [3.63, 3.8) is 0 Å². The molecule has 0 bridgehead atoms. The van der Waals surface area contributed by atoms with E-state index < -0.39 is 18.2 Å². The van der Waals surface area contributed by atoms with Gasteiger partial charge in [-0.15, -0.1) is 0 Å². The highest BCUT2D eigenvalue weighted by atomic mass is 127. The van der Waals surface area contributed by atoms with Crippen LogP contribution in [-0.4, -0.2) is 64.9 Å². The molecule has 1 saturated carbocycles. The Balaban J connectivity index is 1.85. The van der Waals surface area contributed by atoms with Crippen LogP contribution in [-0.2, 0) is 9.59 Å². The van der Waals surface area contributed by atoms with Gasteiger partial charge in [-0.3, -0.25) is 9.59 Å². The van der Waals surface area contributed by atoms with Gasteiger partial charge in [-0.05, 0) is 65.5 Å². The summed E-state index contributed by atoms with van der Waals surface area (Å²) in [5, 5.41) is 23.4. The van der Waals surface area contributed by atoms with E-state index in [1.807, 2.05) is 24.3 Å². The molecule has 0 unspecified atom stereocenters. The smallest absolute Gasteiger partial charge is 0.247 e. The van der Waals surface area contributed by atoms with E-state index in [9.17, 15) is 14.7 Å². The lowest BCUT2D eigenvalue weighted by Gasteiger charge is -2.41. The molecule has 2 aliphatic rings. The number of aliphatic hydroxyl groups excluding tert-OH is 2. The summed E-state index contributed by atoms with van der Waals surface area (Å²) < 4.78 is 7.11. The standard InChI is InChI=1S/C28H41IN2O5/c1-19(2)13-15-31(26(33)12-11-20-7-3-4-8-20)23-17-21(28(35)30-14-16-32)18-25(27(23)34)36-24-10-6-5-9-22(24)29/h5-6,9-10,18-20,23,25,27,32,34H,3-4,7-8,11-17H2,1-2H3,(H,30,35)/t23-,25+,27+/m1/s1. The van der Waals surface area contributed by atoms with Crippen molar-refractivity contribution in [2.75, 3.05) is 19.7 Å². The van der Waals surface area contributed by atoms with Gasteiger partial charge in [-0.2, -0.15) is 0 Å². The molecule has 0 heterocycles. The first-order chi connectivity index (χ1) is 17.3. The maximum absolute atomic E-state index is 13.5. The Morgan fingerprint density at radius 1 is 1.22 bits per heavy atom. The normalized spacial score (nSPS) is 22.4. The SMILES string of the molecule is CC(C)CCN(C(=O)CCC1CCCC1)[C@@H]1CC(C(=O)NCCO)=C[C@H](Oc2ccccc2I)[C@H]1O. The molecule has 3 atom stereocenters. The summed E-state index contributed by atoms with van der Waals surface area (Å²) in [7, 11) is 0. The second-order valence-electron chi connectivity index (χ2n) is 10.4. The van der Waals surface area contributed by atoms with Crippen molar-refractivity contribution < 1.29 is 24.5 Å². The molecule has 200 valence electrons. The summed E-state index contributed by atoms with van der Waals surface area (Å²) >= 11 is 2.18. The van der Waals surface area contributed by atoms with Crippen molar-refractivity contribution in [3.05, 3.63) is 39.5 Å². The molecule has 0 aromatic heterocycles. The van der Waals surface area contributed by atoms with Crippen LogP contribution in [0.5, 0.6) is 5.75 Å². The maximum atomic E-state index is 13.5. The topological polar surface area (TPSA) is 99.1 Å². The van der Waals surface area contributed by atoms with Crippen LogP contribution in [0, 0.1) is 15.4 Å². The second kappa shape index (κ2) is 14.3. The molecule has 36 heavy (non-hydrogen) atoms. The zero-order valence-corrected chi connectivity index (χ0v) is 23.7. The number of ether oxygens (including phenoxy) is 1. The third-order valence-corrected chi connectivity index (χ3v) is 8.11. The fraction of sp³-hybridized carbons (Fsp3) is 0.643. The number of aliphatic hydroxyl groups is 2.